The van der Waals surface area contributed by atoms with E-state index in [0.717, 1.165) is 25.8 Å². The second-order valence-electron chi connectivity index (χ2n) is 4.99. The Bertz CT molecular complexity index is 283. The highest BCUT2D eigenvalue weighted by Crippen LogP contribution is 2.21. The van der Waals surface area contributed by atoms with Crippen LogP contribution in [-0.4, -0.2) is 56.9 Å². The second kappa shape index (κ2) is 7.99. The lowest BCUT2D eigenvalue weighted by molar-refractivity contribution is -0.142. The summed E-state index contributed by atoms with van der Waals surface area (Å²) in [5, 5.41) is 2.82. The van der Waals surface area contributed by atoms with Crippen LogP contribution in [0.15, 0.2) is 0 Å². The minimum Gasteiger partial charge on any atom is -0.468 e. The number of alkyl carbamates (subject to hydrolysis) is 1. The Morgan fingerprint density at radius 2 is 2.00 bits per heavy atom. The fourth-order valence-corrected chi connectivity index (χ4v) is 2.63. The maximum atomic E-state index is 11.4. The molecule has 2 unspecified atom stereocenters. The molecule has 1 heterocycles. The highest BCUT2D eigenvalue weighted by Gasteiger charge is 2.29. The van der Waals surface area contributed by atoms with E-state index in [0.29, 0.717) is 12.5 Å². The van der Waals surface area contributed by atoms with Gasteiger partial charge in [-0.25, -0.2) is 4.79 Å². The van der Waals surface area contributed by atoms with Crippen molar-refractivity contribution in [1.29, 1.82) is 0 Å². The Hall–Kier alpha value is -1.30. The SMILES string of the molecule is CCCC1CC(NC(=O)OC)CN(CC(=O)OC)C1. The largest absolute Gasteiger partial charge is 0.468 e. The number of likely N-dealkylation sites (tertiary alicyclic amines) is 1. The first-order chi connectivity index (χ1) is 9.08. The van der Waals surface area contributed by atoms with Crippen molar-refractivity contribution >= 4 is 12.1 Å². The molecule has 0 aliphatic carbocycles. The summed E-state index contributed by atoms with van der Waals surface area (Å²) >= 11 is 0. The van der Waals surface area contributed by atoms with Crippen LogP contribution in [0.3, 0.4) is 0 Å². The number of hydrogen-bond acceptors (Lipinski definition) is 5. The number of carbonyl (C=O) groups excluding carboxylic acids is 2. The third-order valence-electron chi connectivity index (χ3n) is 3.40. The average molecular weight is 272 g/mol. The van der Waals surface area contributed by atoms with Crippen molar-refractivity contribution < 1.29 is 19.1 Å². The molecule has 1 aliphatic heterocycles. The Kier molecular flexibility index (Phi) is 6.62. The number of carbonyl (C=O) groups is 2. The third-order valence-corrected chi connectivity index (χ3v) is 3.40. The molecule has 6 nitrogen and oxygen atoms in total. The van der Waals surface area contributed by atoms with Crippen molar-refractivity contribution in [3.8, 4) is 0 Å². The maximum Gasteiger partial charge on any atom is 0.407 e. The number of nitrogens with zero attached hydrogens (tertiary/aromatic N) is 1. The number of rotatable bonds is 5. The Balaban J connectivity index is 2.56. The number of ether oxygens (including phenoxy) is 2. The van der Waals surface area contributed by atoms with Gasteiger partial charge in [0.2, 0.25) is 0 Å². The summed E-state index contributed by atoms with van der Waals surface area (Å²) in [5.74, 6) is 0.250. The average Bonchev–Trinajstić information content (AvgIpc) is 2.38. The van der Waals surface area contributed by atoms with E-state index in [1.165, 1.54) is 14.2 Å². The van der Waals surface area contributed by atoms with Crippen molar-refractivity contribution in [2.24, 2.45) is 5.92 Å². The maximum absolute atomic E-state index is 11.4. The molecule has 19 heavy (non-hydrogen) atoms. The topological polar surface area (TPSA) is 67.9 Å². The summed E-state index contributed by atoms with van der Waals surface area (Å²) in [6.45, 7) is 3.95. The molecule has 110 valence electrons. The Labute approximate surface area is 114 Å². The van der Waals surface area contributed by atoms with Crippen molar-refractivity contribution in [3.05, 3.63) is 0 Å². The molecule has 6 heteroatoms. The van der Waals surface area contributed by atoms with Gasteiger partial charge in [-0.1, -0.05) is 13.3 Å². The molecule has 0 aromatic carbocycles. The summed E-state index contributed by atoms with van der Waals surface area (Å²) in [5.41, 5.74) is 0. The lowest BCUT2D eigenvalue weighted by Gasteiger charge is -2.37. The van der Waals surface area contributed by atoms with Gasteiger partial charge in [-0.2, -0.15) is 0 Å². The van der Waals surface area contributed by atoms with Gasteiger partial charge in [0.15, 0.2) is 0 Å². The lowest BCUT2D eigenvalue weighted by atomic mass is 9.90. The van der Waals surface area contributed by atoms with Gasteiger partial charge in [-0.3, -0.25) is 9.69 Å². The highest BCUT2D eigenvalue weighted by molar-refractivity contribution is 5.71. The van der Waals surface area contributed by atoms with Crippen LogP contribution in [0.25, 0.3) is 0 Å². The molecule has 0 radical (unpaired) electrons. The molecule has 1 fully saturated rings. The molecule has 2 atom stereocenters. The molecule has 1 amide bonds. The van der Waals surface area contributed by atoms with Crippen LogP contribution in [0.4, 0.5) is 4.79 Å². The zero-order valence-electron chi connectivity index (χ0n) is 12.0. The molecule has 1 aliphatic rings. The smallest absolute Gasteiger partial charge is 0.407 e. The van der Waals surface area contributed by atoms with E-state index in [1.807, 2.05) is 4.90 Å². The summed E-state index contributed by atoms with van der Waals surface area (Å²) in [4.78, 5) is 24.7. The van der Waals surface area contributed by atoms with Gasteiger partial charge in [0.05, 0.1) is 20.8 Å². The molecular formula is C13H24N2O4. The first kappa shape index (κ1) is 15.8. The number of nitrogens with one attached hydrogen (secondary N) is 1. The van der Waals surface area contributed by atoms with Crippen LogP contribution in [0.1, 0.15) is 26.2 Å². The summed E-state index contributed by atoms with van der Waals surface area (Å²) < 4.78 is 9.32. The molecule has 1 N–H and O–H groups in total. The number of esters is 1. The summed E-state index contributed by atoms with van der Waals surface area (Å²) in [7, 11) is 2.74. The number of piperidine rings is 1. The predicted molar refractivity (Wildman–Crippen MR) is 70.8 cm³/mol. The van der Waals surface area contributed by atoms with Gasteiger partial charge in [-0.05, 0) is 18.8 Å². The van der Waals surface area contributed by atoms with Gasteiger partial charge in [0.25, 0.3) is 0 Å². The van der Waals surface area contributed by atoms with Gasteiger partial charge in [-0.15, -0.1) is 0 Å². The molecule has 1 saturated heterocycles. The van der Waals surface area contributed by atoms with E-state index < -0.39 is 6.09 Å². The number of methoxy groups -OCH3 is 2. The van der Waals surface area contributed by atoms with Gasteiger partial charge in [0.1, 0.15) is 0 Å². The zero-order chi connectivity index (χ0) is 14.3. The minimum atomic E-state index is -0.417. The van der Waals surface area contributed by atoms with E-state index >= 15 is 0 Å². The molecule has 0 spiro atoms. The van der Waals surface area contributed by atoms with Crippen LogP contribution in [0.2, 0.25) is 0 Å². The Morgan fingerprint density at radius 3 is 2.58 bits per heavy atom. The van der Waals surface area contributed by atoms with E-state index in [9.17, 15) is 9.59 Å². The molecular weight excluding hydrogens is 248 g/mol. The van der Waals surface area contributed by atoms with E-state index in [1.54, 1.807) is 0 Å². The monoisotopic (exact) mass is 272 g/mol. The first-order valence-electron chi connectivity index (χ1n) is 6.72. The van der Waals surface area contributed by atoms with Crippen molar-refractivity contribution in [3.63, 3.8) is 0 Å². The van der Waals surface area contributed by atoms with E-state index in [2.05, 4.69) is 17.0 Å². The van der Waals surface area contributed by atoms with Gasteiger partial charge in [0, 0.05) is 19.1 Å². The summed E-state index contributed by atoms with van der Waals surface area (Å²) in [6.07, 6.45) is 2.71. The minimum absolute atomic E-state index is 0.0300. The van der Waals surface area contributed by atoms with Crippen LogP contribution >= 0.6 is 0 Å². The van der Waals surface area contributed by atoms with E-state index in [-0.39, 0.29) is 18.6 Å². The standard InChI is InChI=1S/C13H24N2O4/c1-4-5-10-6-11(14-13(17)19-3)8-15(7-10)9-12(16)18-2/h10-11H,4-9H2,1-3H3,(H,14,17). The molecule has 1 rings (SSSR count). The quantitative estimate of drug-likeness (QED) is 0.756. The van der Waals surface area contributed by atoms with Gasteiger partial charge >= 0.3 is 12.1 Å². The van der Waals surface area contributed by atoms with Crippen LogP contribution in [0.5, 0.6) is 0 Å². The molecule has 0 bridgehead atoms. The van der Waals surface area contributed by atoms with Crippen molar-refractivity contribution in [2.75, 3.05) is 33.9 Å². The first-order valence-corrected chi connectivity index (χ1v) is 6.72. The fraction of sp³-hybridized carbons (Fsp3) is 0.846. The normalized spacial score (nSPS) is 23.7. The van der Waals surface area contributed by atoms with Crippen LogP contribution in [0, 0.1) is 5.92 Å². The summed E-state index contributed by atoms with van der Waals surface area (Å²) in [6, 6.07) is 0.0300. The lowest BCUT2D eigenvalue weighted by Crippen LogP contribution is -2.52. The van der Waals surface area contributed by atoms with Crippen LogP contribution < -0.4 is 5.32 Å². The van der Waals surface area contributed by atoms with Crippen molar-refractivity contribution in [2.45, 2.75) is 32.2 Å². The van der Waals surface area contributed by atoms with Crippen LogP contribution in [-0.2, 0) is 14.3 Å². The zero-order valence-corrected chi connectivity index (χ0v) is 12.0. The predicted octanol–water partition coefficient (Wildman–Crippen LogP) is 1.01. The second-order valence-corrected chi connectivity index (χ2v) is 4.99. The number of hydrogen-bond donors (Lipinski definition) is 1. The van der Waals surface area contributed by atoms with Crippen molar-refractivity contribution in [1.82, 2.24) is 10.2 Å². The molecule has 0 aromatic heterocycles. The fourth-order valence-electron chi connectivity index (χ4n) is 2.63. The molecule has 0 aromatic rings. The Morgan fingerprint density at radius 1 is 1.26 bits per heavy atom. The number of amides is 1. The molecule has 0 saturated carbocycles. The highest BCUT2D eigenvalue weighted by atomic mass is 16.5. The van der Waals surface area contributed by atoms with E-state index in [4.69, 9.17) is 4.74 Å². The van der Waals surface area contributed by atoms with Gasteiger partial charge < -0.3 is 14.8 Å². The third kappa shape index (κ3) is 5.46.